The first kappa shape index (κ1) is 11.1. The molecule has 1 aliphatic rings. The number of hydrogen-bond acceptors (Lipinski definition) is 3. The molecule has 1 aliphatic heterocycles. The van der Waals surface area contributed by atoms with Crippen LogP contribution in [0.4, 0.5) is 0 Å². The van der Waals surface area contributed by atoms with Crippen molar-refractivity contribution in [3.8, 4) is 0 Å². The van der Waals surface area contributed by atoms with Crippen LogP contribution >= 0.6 is 0 Å². The van der Waals surface area contributed by atoms with E-state index in [4.69, 9.17) is 9.47 Å². The Morgan fingerprint density at radius 2 is 2.06 bits per heavy atom. The molecule has 2 rings (SSSR count). The zero-order valence-corrected chi connectivity index (χ0v) is 9.44. The molecule has 0 radical (unpaired) electrons. The van der Waals surface area contributed by atoms with Crippen molar-refractivity contribution in [2.75, 3.05) is 19.8 Å². The van der Waals surface area contributed by atoms with Gasteiger partial charge in [0, 0.05) is 0 Å². The van der Waals surface area contributed by atoms with Gasteiger partial charge in [0.25, 0.3) is 0 Å². The normalized spacial score (nSPS) is 17.6. The summed E-state index contributed by atoms with van der Waals surface area (Å²) in [5.41, 5.74) is 0.666. The van der Waals surface area contributed by atoms with E-state index in [2.05, 4.69) is 6.92 Å². The molecule has 1 aromatic rings. The van der Waals surface area contributed by atoms with Gasteiger partial charge in [-0.25, -0.2) is 4.79 Å². The molecule has 0 amide bonds. The van der Waals surface area contributed by atoms with E-state index in [1.165, 1.54) is 0 Å². The number of carbonyl (C=O) groups is 1. The van der Waals surface area contributed by atoms with Crippen LogP contribution < -0.4 is 0 Å². The van der Waals surface area contributed by atoms with Crippen molar-refractivity contribution in [2.24, 2.45) is 5.41 Å². The predicted octanol–water partition coefficient (Wildman–Crippen LogP) is 2.27. The molecule has 3 nitrogen and oxygen atoms in total. The summed E-state index contributed by atoms with van der Waals surface area (Å²) in [6.45, 7) is 3.95. The first-order valence-corrected chi connectivity index (χ1v) is 5.56. The molecular weight excluding hydrogens is 204 g/mol. The van der Waals surface area contributed by atoms with E-state index in [-0.39, 0.29) is 11.4 Å². The molecule has 0 saturated carbocycles. The third-order valence-electron chi connectivity index (χ3n) is 3.09. The fourth-order valence-corrected chi connectivity index (χ4v) is 1.66. The lowest BCUT2D eigenvalue weighted by Gasteiger charge is -2.39. The predicted molar refractivity (Wildman–Crippen MR) is 60.3 cm³/mol. The molecule has 0 atom stereocenters. The molecule has 1 saturated heterocycles. The average molecular weight is 220 g/mol. The third-order valence-corrected chi connectivity index (χ3v) is 3.09. The summed E-state index contributed by atoms with van der Waals surface area (Å²) in [7, 11) is 0. The van der Waals surface area contributed by atoms with E-state index >= 15 is 0 Å². The van der Waals surface area contributed by atoms with Crippen molar-refractivity contribution in [3.63, 3.8) is 0 Å². The monoisotopic (exact) mass is 220 g/mol. The minimum Gasteiger partial charge on any atom is -0.461 e. The molecular formula is C13H16O3. The molecule has 0 aromatic heterocycles. The van der Waals surface area contributed by atoms with Crippen molar-refractivity contribution >= 4 is 5.97 Å². The zero-order chi connectivity index (χ0) is 11.4. The van der Waals surface area contributed by atoms with Crippen LogP contribution in [0.15, 0.2) is 30.3 Å². The number of benzene rings is 1. The van der Waals surface area contributed by atoms with E-state index in [1.807, 2.05) is 18.2 Å². The van der Waals surface area contributed by atoms with Crippen molar-refractivity contribution in [1.82, 2.24) is 0 Å². The van der Waals surface area contributed by atoms with Crippen LogP contribution in [0.2, 0.25) is 0 Å². The summed E-state index contributed by atoms with van der Waals surface area (Å²) in [6, 6.07) is 9.07. The molecule has 0 aliphatic carbocycles. The van der Waals surface area contributed by atoms with Crippen LogP contribution in [0.5, 0.6) is 0 Å². The van der Waals surface area contributed by atoms with Gasteiger partial charge in [0.15, 0.2) is 0 Å². The summed E-state index contributed by atoms with van der Waals surface area (Å²) in [6.07, 6.45) is 0.981. The highest BCUT2D eigenvalue weighted by atomic mass is 16.5. The quantitative estimate of drug-likeness (QED) is 0.730. The Bertz CT molecular complexity index is 349. The van der Waals surface area contributed by atoms with Gasteiger partial charge in [0.05, 0.1) is 24.2 Å². The summed E-state index contributed by atoms with van der Waals surface area (Å²) in [5, 5.41) is 0. The molecule has 1 fully saturated rings. The largest absolute Gasteiger partial charge is 0.461 e. The van der Waals surface area contributed by atoms with Crippen LogP contribution in [0.25, 0.3) is 0 Å². The van der Waals surface area contributed by atoms with Crippen molar-refractivity contribution in [2.45, 2.75) is 13.3 Å². The molecule has 86 valence electrons. The van der Waals surface area contributed by atoms with Crippen molar-refractivity contribution < 1.29 is 14.3 Å². The minimum absolute atomic E-state index is 0.0600. The van der Waals surface area contributed by atoms with E-state index in [0.717, 1.165) is 6.42 Å². The maximum atomic E-state index is 11.7. The lowest BCUT2D eigenvalue weighted by atomic mass is 9.84. The van der Waals surface area contributed by atoms with Crippen LogP contribution in [0.1, 0.15) is 23.7 Å². The molecule has 0 N–H and O–H groups in total. The Hall–Kier alpha value is -1.35. The number of ether oxygens (including phenoxy) is 2. The maximum absolute atomic E-state index is 11.7. The van der Waals surface area contributed by atoms with E-state index in [1.54, 1.807) is 12.1 Å². The Kier molecular flexibility index (Phi) is 3.25. The van der Waals surface area contributed by atoms with Gasteiger partial charge in [0.1, 0.15) is 6.61 Å². The Balaban J connectivity index is 1.89. The Morgan fingerprint density at radius 3 is 2.56 bits per heavy atom. The first-order valence-electron chi connectivity index (χ1n) is 5.56. The number of rotatable bonds is 4. The summed E-state index contributed by atoms with van der Waals surface area (Å²) < 4.78 is 10.5. The van der Waals surface area contributed by atoms with E-state index < -0.39 is 0 Å². The van der Waals surface area contributed by atoms with Crippen LogP contribution in [-0.2, 0) is 9.47 Å². The van der Waals surface area contributed by atoms with Crippen LogP contribution in [0, 0.1) is 5.41 Å². The Labute approximate surface area is 95.4 Å². The number of hydrogen-bond donors (Lipinski definition) is 0. The van der Waals surface area contributed by atoms with Gasteiger partial charge in [-0.15, -0.1) is 0 Å². The van der Waals surface area contributed by atoms with Crippen molar-refractivity contribution in [3.05, 3.63) is 35.9 Å². The Morgan fingerprint density at radius 1 is 1.38 bits per heavy atom. The standard InChI is InChI=1S/C13H16O3/c1-2-13(8-15-9-13)10-16-12(14)11-6-4-3-5-7-11/h3-7H,2,8-10H2,1H3. The molecule has 1 aromatic carbocycles. The first-order chi connectivity index (χ1) is 7.76. The van der Waals surface area contributed by atoms with Gasteiger partial charge >= 0.3 is 5.97 Å². The molecule has 3 heteroatoms. The topological polar surface area (TPSA) is 35.5 Å². The molecule has 16 heavy (non-hydrogen) atoms. The summed E-state index contributed by atoms with van der Waals surface area (Å²) in [5.74, 6) is -0.250. The fraction of sp³-hybridized carbons (Fsp3) is 0.462. The number of esters is 1. The molecule has 0 bridgehead atoms. The average Bonchev–Trinajstić information content (AvgIpc) is 2.29. The van der Waals surface area contributed by atoms with Crippen molar-refractivity contribution in [1.29, 1.82) is 0 Å². The SMILES string of the molecule is CCC1(COC(=O)c2ccccc2)COC1. The summed E-state index contributed by atoms with van der Waals surface area (Å²) in [4.78, 5) is 11.7. The van der Waals surface area contributed by atoms with Crippen LogP contribution in [-0.4, -0.2) is 25.8 Å². The lowest BCUT2D eigenvalue weighted by molar-refractivity contribution is -0.140. The van der Waals surface area contributed by atoms with Gasteiger partial charge in [-0.05, 0) is 18.6 Å². The highest BCUT2D eigenvalue weighted by Crippen LogP contribution is 2.31. The fourth-order valence-electron chi connectivity index (χ4n) is 1.66. The summed E-state index contributed by atoms with van der Waals surface area (Å²) >= 11 is 0. The van der Waals surface area contributed by atoms with Gasteiger partial charge in [-0.3, -0.25) is 0 Å². The molecule has 0 spiro atoms. The van der Waals surface area contributed by atoms with E-state index in [9.17, 15) is 4.79 Å². The van der Waals surface area contributed by atoms with Gasteiger partial charge in [-0.2, -0.15) is 0 Å². The maximum Gasteiger partial charge on any atom is 0.338 e. The molecule has 0 unspecified atom stereocenters. The third kappa shape index (κ3) is 2.25. The second kappa shape index (κ2) is 4.66. The molecule has 1 heterocycles. The second-order valence-corrected chi connectivity index (χ2v) is 4.29. The second-order valence-electron chi connectivity index (χ2n) is 4.29. The number of carbonyl (C=O) groups excluding carboxylic acids is 1. The van der Waals surface area contributed by atoms with E-state index in [0.29, 0.717) is 25.4 Å². The van der Waals surface area contributed by atoms with Gasteiger partial charge < -0.3 is 9.47 Å². The van der Waals surface area contributed by atoms with Crippen LogP contribution in [0.3, 0.4) is 0 Å². The minimum atomic E-state index is -0.250. The van der Waals surface area contributed by atoms with Gasteiger partial charge in [-0.1, -0.05) is 25.1 Å². The highest BCUT2D eigenvalue weighted by molar-refractivity contribution is 5.89. The highest BCUT2D eigenvalue weighted by Gasteiger charge is 2.38. The zero-order valence-electron chi connectivity index (χ0n) is 9.44. The van der Waals surface area contributed by atoms with Gasteiger partial charge in [0.2, 0.25) is 0 Å². The lowest BCUT2D eigenvalue weighted by Crippen LogP contribution is -2.46. The smallest absolute Gasteiger partial charge is 0.338 e.